The maximum absolute atomic E-state index is 11.3. The minimum atomic E-state index is -0.277. The zero-order valence-corrected chi connectivity index (χ0v) is 47.3. The second-order valence-corrected chi connectivity index (χ2v) is 30.9. The number of fused-ring (bicyclic) bond motifs is 15. The summed E-state index contributed by atoms with van der Waals surface area (Å²) in [7, 11) is 0. The molecule has 0 saturated heterocycles. The Kier molecular flexibility index (Phi) is 14.2. The average Bonchev–Trinajstić information content (AvgIpc) is 3.97. The standard InChI is InChI=1S/2C22H35NO.C21H33NO2/c1-13-9-15-5-7-17-18-8-6-16(12-23)21(18,3)11-19(24)20(17)22(15,4)10-14(13)2;1-13-9-10-21(3)17(14(13)2)8-6-16-18-7-5-15(12-23)22(18,4)11-19(24)20(16)21;1-12-15-7-5-14-16-6-4-13(11-22)21(16,3)10-18(24)19(14)20(15,2)9-8-17(12)23/h2*13-20,24H,5-11H2,1-4H3;12-19,23-24H,4-10H2,1-3H3/t13-,14-,15-,16+,17-,18-,19-,20+,21+,22-;13-,14+,15-,16+,17+,18+,19+,20-,21+,22-;12-,13-,14+,15+,16+,17-,18+,19-,20+,21-/m011/s1. The van der Waals surface area contributed by atoms with Crippen LogP contribution in [0.1, 0.15) is 211 Å². The number of nitriles is 3. The Morgan fingerprint density at radius 1 is 0.347 bits per heavy atom. The minimum Gasteiger partial charge on any atom is -0.393 e. The molecule has 402 valence electrons. The third-order valence-corrected chi connectivity index (χ3v) is 28.5. The fraction of sp³-hybridized carbons (Fsp3) is 0.954. The van der Waals surface area contributed by atoms with Crippen molar-refractivity contribution in [1.82, 2.24) is 0 Å². The van der Waals surface area contributed by atoms with E-state index in [-0.39, 0.29) is 63.8 Å². The number of nitrogens with zero attached hydrogens (tertiary/aromatic N) is 3. The highest BCUT2D eigenvalue weighted by Gasteiger charge is 2.67. The van der Waals surface area contributed by atoms with Crippen molar-refractivity contribution in [2.24, 2.45) is 151 Å². The van der Waals surface area contributed by atoms with Crippen molar-refractivity contribution in [3.8, 4) is 18.2 Å². The lowest BCUT2D eigenvalue weighted by atomic mass is 9.42. The van der Waals surface area contributed by atoms with E-state index in [9.17, 15) is 36.2 Å². The lowest BCUT2D eigenvalue weighted by molar-refractivity contribution is -0.188. The van der Waals surface area contributed by atoms with Gasteiger partial charge in [-0.15, -0.1) is 0 Å². The van der Waals surface area contributed by atoms with Crippen LogP contribution in [0.25, 0.3) is 0 Å². The van der Waals surface area contributed by atoms with Crippen LogP contribution in [0.15, 0.2) is 0 Å². The van der Waals surface area contributed by atoms with Gasteiger partial charge in [0.05, 0.1) is 60.4 Å². The summed E-state index contributed by atoms with van der Waals surface area (Å²) in [5, 5.41) is 73.0. The zero-order chi connectivity index (χ0) is 51.8. The van der Waals surface area contributed by atoms with Crippen molar-refractivity contribution in [2.45, 2.75) is 235 Å². The quantitative estimate of drug-likeness (QED) is 0.189. The van der Waals surface area contributed by atoms with Crippen molar-refractivity contribution in [3.05, 3.63) is 0 Å². The summed E-state index contributed by atoms with van der Waals surface area (Å²) in [6.07, 6.45) is 23.3. The van der Waals surface area contributed by atoms with Crippen molar-refractivity contribution in [1.29, 1.82) is 15.8 Å². The highest BCUT2D eigenvalue weighted by Crippen LogP contribution is 2.71. The van der Waals surface area contributed by atoms with Crippen LogP contribution in [-0.2, 0) is 0 Å². The van der Waals surface area contributed by atoms with Crippen LogP contribution >= 0.6 is 0 Å². The summed E-state index contributed by atoms with van der Waals surface area (Å²) in [4.78, 5) is 0. The summed E-state index contributed by atoms with van der Waals surface area (Å²) >= 11 is 0. The minimum absolute atomic E-state index is 0.0122. The van der Waals surface area contributed by atoms with Gasteiger partial charge in [-0.2, -0.15) is 15.8 Å². The monoisotopic (exact) mass is 990 g/mol. The fourth-order valence-corrected chi connectivity index (χ4v) is 24.5. The van der Waals surface area contributed by atoms with E-state index in [2.05, 4.69) is 94.4 Å². The average molecular weight is 991 g/mol. The first-order valence-corrected chi connectivity index (χ1v) is 30.9. The SMILES string of the molecule is C[C@H]1C[C@@H]2CC[C@@H]3[C@H]([C@@H](O)C[C@]4(C)[C@@H](C#N)CC[C@@H]34)[C@@]2(C)C[C@@H]1C.C[C@H]1[C@H](C)CC[C@]2(C)[C@@H]3[C@@H](CC[C@@H]12)[C@@H]1CC[C@H](C#N)[C@@]1(C)C[C@@H]3O.C[C@H]1[C@H](O)CC[C@]2(C)[C@@H]3[C@@H](CC[C@@H]12)[C@@H]1CC[C@H](C#N)[C@@]1(C)C[C@@H]3O. The van der Waals surface area contributed by atoms with Crippen molar-refractivity contribution in [2.75, 3.05) is 0 Å². The van der Waals surface area contributed by atoms with Gasteiger partial charge >= 0.3 is 0 Å². The molecular formula is C65H103N3O4. The third-order valence-electron chi connectivity index (χ3n) is 28.5. The summed E-state index contributed by atoms with van der Waals surface area (Å²) in [5.74, 6) is 11.3. The largest absolute Gasteiger partial charge is 0.393 e. The van der Waals surface area contributed by atoms with Gasteiger partial charge < -0.3 is 20.4 Å². The lowest BCUT2D eigenvalue weighted by Crippen LogP contribution is -2.60. The first-order valence-electron chi connectivity index (χ1n) is 30.9. The number of aliphatic hydroxyl groups is 4. The molecule has 0 spiro atoms. The second-order valence-electron chi connectivity index (χ2n) is 30.9. The number of hydrogen-bond acceptors (Lipinski definition) is 7. The molecule has 72 heavy (non-hydrogen) atoms. The summed E-state index contributed by atoms with van der Waals surface area (Å²) in [6, 6.07) is 7.73. The van der Waals surface area contributed by atoms with E-state index in [1.807, 2.05) is 0 Å². The fourth-order valence-electron chi connectivity index (χ4n) is 24.5. The predicted molar refractivity (Wildman–Crippen MR) is 285 cm³/mol. The molecule has 0 aromatic carbocycles. The van der Waals surface area contributed by atoms with Gasteiger partial charge in [-0.1, -0.05) is 76.2 Å². The molecule has 4 N–H and O–H groups in total. The molecule has 0 heterocycles. The van der Waals surface area contributed by atoms with Gasteiger partial charge in [-0.05, 0) is 268 Å². The van der Waals surface area contributed by atoms with Crippen LogP contribution in [0.3, 0.4) is 0 Å². The molecule has 12 saturated carbocycles. The highest BCUT2D eigenvalue weighted by atomic mass is 16.3. The van der Waals surface area contributed by atoms with E-state index in [4.69, 9.17) is 0 Å². The van der Waals surface area contributed by atoms with Crippen molar-refractivity contribution < 1.29 is 20.4 Å². The molecule has 0 amide bonds. The van der Waals surface area contributed by atoms with Crippen LogP contribution in [0.5, 0.6) is 0 Å². The van der Waals surface area contributed by atoms with Gasteiger partial charge in [0, 0.05) is 0 Å². The number of rotatable bonds is 0. The molecule has 12 rings (SSSR count). The molecule has 12 fully saturated rings. The molecule has 7 nitrogen and oxygen atoms in total. The van der Waals surface area contributed by atoms with E-state index in [1.54, 1.807) is 0 Å². The molecule has 0 radical (unpaired) electrons. The van der Waals surface area contributed by atoms with Crippen LogP contribution in [0.4, 0.5) is 0 Å². The smallest absolute Gasteiger partial charge is 0.0661 e. The van der Waals surface area contributed by atoms with Crippen LogP contribution in [0, 0.1) is 185 Å². The molecule has 0 aromatic heterocycles. The summed E-state index contributed by atoms with van der Waals surface area (Å²) in [6.45, 7) is 26.3. The molecule has 0 unspecified atom stereocenters. The van der Waals surface area contributed by atoms with E-state index in [0.29, 0.717) is 75.9 Å². The van der Waals surface area contributed by atoms with Crippen molar-refractivity contribution >= 4 is 0 Å². The number of hydrogen-bond donors (Lipinski definition) is 4. The van der Waals surface area contributed by atoms with Gasteiger partial charge in [-0.3, -0.25) is 0 Å². The molecule has 12 aliphatic carbocycles. The first-order chi connectivity index (χ1) is 34.0. The Balaban J connectivity index is 0.000000124. The molecule has 0 aliphatic heterocycles. The Bertz CT molecular complexity index is 1950. The molecule has 0 aromatic rings. The van der Waals surface area contributed by atoms with Crippen molar-refractivity contribution in [3.63, 3.8) is 0 Å². The van der Waals surface area contributed by atoms with E-state index in [0.717, 1.165) is 86.9 Å². The molecular weight excluding hydrogens is 887 g/mol. The van der Waals surface area contributed by atoms with Crippen LogP contribution in [-0.4, -0.2) is 44.8 Å². The molecule has 0 bridgehead atoms. The van der Waals surface area contributed by atoms with Crippen LogP contribution in [0.2, 0.25) is 0 Å². The Morgan fingerprint density at radius 3 is 1.15 bits per heavy atom. The van der Waals surface area contributed by atoms with Gasteiger partial charge in [0.1, 0.15) is 0 Å². The summed E-state index contributed by atoms with van der Waals surface area (Å²) < 4.78 is 0. The van der Waals surface area contributed by atoms with Gasteiger partial charge in [0.15, 0.2) is 0 Å². The van der Waals surface area contributed by atoms with E-state index < -0.39 is 0 Å². The number of aliphatic hydroxyl groups excluding tert-OH is 4. The maximum Gasteiger partial charge on any atom is 0.0661 e. The maximum atomic E-state index is 11.3. The first kappa shape index (κ1) is 53.7. The second kappa shape index (κ2) is 19.0. The predicted octanol–water partition coefficient (Wildman–Crippen LogP) is 13.8. The lowest BCUT2D eigenvalue weighted by Gasteiger charge is -2.63. The van der Waals surface area contributed by atoms with E-state index >= 15 is 0 Å². The molecule has 12 aliphatic rings. The molecule has 7 heteroatoms. The Labute approximate surface area is 438 Å². The Hall–Kier alpha value is -1.69. The summed E-state index contributed by atoms with van der Waals surface area (Å²) in [5.41, 5.74) is 0.935. The van der Waals surface area contributed by atoms with Gasteiger partial charge in [0.2, 0.25) is 0 Å². The van der Waals surface area contributed by atoms with Gasteiger partial charge in [0.25, 0.3) is 0 Å². The van der Waals surface area contributed by atoms with Crippen LogP contribution < -0.4 is 0 Å². The van der Waals surface area contributed by atoms with E-state index in [1.165, 1.54) is 83.5 Å². The molecule has 30 atom stereocenters. The third kappa shape index (κ3) is 7.87. The zero-order valence-electron chi connectivity index (χ0n) is 47.3. The highest BCUT2D eigenvalue weighted by molar-refractivity contribution is 5.18. The van der Waals surface area contributed by atoms with Gasteiger partial charge in [-0.25, -0.2) is 0 Å². The normalized spacial score (nSPS) is 59.8. The Morgan fingerprint density at radius 2 is 0.722 bits per heavy atom. The topological polar surface area (TPSA) is 152 Å².